The number of amides is 1. The summed E-state index contributed by atoms with van der Waals surface area (Å²) in [4.78, 5) is 12.7. The van der Waals surface area contributed by atoms with Crippen molar-refractivity contribution < 1.29 is 17.9 Å². The predicted octanol–water partition coefficient (Wildman–Crippen LogP) is 4.92. The maximum Gasteiger partial charge on any atom is 0.232 e. The third-order valence-corrected chi connectivity index (χ3v) is 7.22. The number of halogens is 1. The molecular formula is C24H31ClN2O4S. The van der Waals surface area contributed by atoms with E-state index >= 15 is 0 Å². The van der Waals surface area contributed by atoms with Crippen LogP contribution < -0.4 is 14.4 Å². The molecule has 0 spiro atoms. The van der Waals surface area contributed by atoms with Crippen LogP contribution >= 0.6 is 11.6 Å². The molecule has 2 aromatic rings. The van der Waals surface area contributed by atoms with Crippen molar-refractivity contribution in [3.8, 4) is 5.75 Å². The van der Waals surface area contributed by atoms with Gasteiger partial charge < -0.3 is 10.1 Å². The molecule has 32 heavy (non-hydrogen) atoms. The maximum atomic E-state index is 12.7. The molecule has 174 valence electrons. The standard InChI is InChI=1S/C24H31ClN2O4S/c1-16-11-12-18-20(15-24(3,4)31-22(18)14-16)26-23(28)10-7-13-27(32(5,29)30)21-9-6-8-19(25)17(21)2/h6,8-9,11-12,14,20H,7,10,13,15H2,1-5H3,(H,26,28). The summed E-state index contributed by atoms with van der Waals surface area (Å²) in [6, 6.07) is 11.0. The molecule has 0 radical (unpaired) electrons. The lowest BCUT2D eigenvalue weighted by Gasteiger charge is -2.38. The molecule has 8 heteroatoms. The highest BCUT2D eigenvalue weighted by Gasteiger charge is 2.34. The molecule has 2 aromatic carbocycles. The van der Waals surface area contributed by atoms with E-state index in [0.29, 0.717) is 29.1 Å². The summed E-state index contributed by atoms with van der Waals surface area (Å²) in [7, 11) is -3.52. The average Bonchev–Trinajstić information content (AvgIpc) is 2.65. The summed E-state index contributed by atoms with van der Waals surface area (Å²) in [6.07, 6.45) is 2.42. The number of ether oxygens (including phenoxy) is 1. The van der Waals surface area contributed by atoms with Gasteiger partial charge in [-0.2, -0.15) is 0 Å². The highest BCUT2D eigenvalue weighted by molar-refractivity contribution is 7.92. The zero-order chi connectivity index (χ0) is 23.7. The van der Waals surface area contributed by atoms with Crippen LogP contribution in [0.4, 0.5) is 5.69 Å². The monoisotopic (exact) mass is 478 g/mol. The zero-order valence-corrected chi connectivity index (χ0v) is 20.8. The van der Waals surface area contributed by atoms with Crippen LogP contribution in [0.2, 0.25) is 5.02 Å². The third-order valence-electron chi connectivity index (χ3n) is 5.63. The molecule has 3 rings (SSSR count). The van der Waals surface area contributed by atoms with Crippen molar-refractivity contribution in [1.82, 2.24) is 5.32 Å². The fourth-order valence-corrected chi connectivity index (χ4v) is 5.25. The second-order valence-corrected chi connectivity index (χ2v) is 11.4. The van der Waals surface area contributed by atoms with Gasteiger partial charge in [0.15, 0.2) is 0 Å². The van der Waals surface area contributed by atoms with Crippen molar-refractivity contribution >= 4 is 33.2 Å². The Labute approximate surface area is 196 Å². The Morgan fingerprint density at radius 1 is 1.25 bits per heavy atom. The first-order valence-corrected chi connectivity index (χ1v) is 12.9. The van der Waals surface area contributed by atoms with Crippen molar-refractivity contribution in [2.45, 2.75) is 58.6 Å². The van der Waals surface area contributed by atoms with Gasteiger partial charge in [0.1, 0.15) is 11.4 Å². The Hall–Kier alpha value is -2.25. The van der Waals surface area contributed by atoms with Crippen LogP contribution in [-0.4, -0.2) is 32.7 Å². The van der Waals surface area contributed by atoms with E-state index in [1.54, 1.807) is 25.1 Å². The number of carbonyl (C=O) groups excluding carboxylic acids is 1. The number of anilines is 1. The number of rotatable bonds is 7. The number of hydrogen-bond acceptors (Lipinski definition) is 4. The van der Waals surface area contributed by atoms with Crippen molar-refractivity contribution in [2.24, 2.45) is 0 Å². The molecule has 0 saturated heterocycles. The van der Waals surface area contributed by atoms with Gasteiger partial charge in [-0.1, -0.05) is 29.8 Å². The number of aryl methyl sites for hydroxylation is 1. The molecule has 1 amide bonds. The van der Waals surface area contributed by atoms with Crippen LogP contribution in [0.1, 0.15) is 55.8 Å². The maximum absolute atomic E-state index is 12.7. The Morgan fingerprint density at radius 2 is 1.97 bits per heavy atom. The van der Waals surface area contributed by atoms with Crippen LogP contribution in [0.15, 0.2) is 36.4 Å². The zero-order valence-electron chi connectivity index (χ0n) is 19.2. The van der Waals surface area contributed by atoms with Crippen LogP contribution in [0, 0.1) is 13.8 Å². The molecule has 6 nitrogen and oxygen atoms in total. The van der Waals surface area contributed by atoms with E-state index in [2.05, 4.69) is 5.32 Å². The number of hydrogen-bond donors (Lipinski definition) is 1. The summed E-state index contributed by atoms with van der Waals surface area (Å²) < 4.78 is 32.2. The van der Waals surface area contributed by atoms with E-state index in [0.717, 1.165) is 23.1 Å². The van der Waals surface area contributed by atoms with Gasteiger partial charge in [0.25, 0.3) is 0 Å². The Bertz CT molecular complexity index is 1110. The van der Waals surface area contributed by atoms with Gasteiger partial charge >= 0.3 is 0 Å². The number of nitrogens with one attached hydrogen (secondary N) is 1. The first kappa shape index (κ1) is 24.4. The topological polar surface area (TPSA) is 75.7 Å². The molecule has 0 saturated carbocycles. The summed E-state index contributed by atoms with van der Waals surface area (Å²) in [5, 5.41) is 3.62. The normalized spacial score (nSPS) is 17.2. The molecule has 1 atom stereocenters. The lowest BCUT2D eigenvalue weighted by Crippen LogP contribution is -2.41. The number of fused-ring (bicyclic) bond motifs is 1. The highest BCUT2D eigenvalue weighted by atomic mass is 35.5. The minimum Gasteiger partial charge on any atom is -0.487 e. The van der Waals surface area contributed by atoms with E-state index in [1.165, 1.54) is 4.31 Å². The Kier molecular flexibility index (Phi) is 7.10. The van der Waals surface area contributed by atoms with E-state index < -0.39 is 15.6 Å². The van der Waals surface area contributed by atoms with Crippen LogP contribution in [-0.2, 0) is 14.8 Å². The number of nitrogens with zero attached hydrogens (tertiary/aromatic N) is 1. The highest BCUT2D eigenvalue weighted by Crippen LogP contribution is 2.40. The molecule has 0 fully saturated rings. The number of carbonyl (C=O) groups is 1. The van der Waals surface area contributed by atoms with E-state index in [4.69, 9.17) is 16.3 Å². The summed E-state index contributed by atoms with van der Waals surface area (Å²) >= 11 is 6.18. The van der Waals surface area contributed by atoms with Crippen LogP contribution in [0.3, 0.4) is 0 Å². The second-order valence-electron chi connectivity index (χ2n) is 9.05. The van der Waals surface area contributed by atoms with Gasteiger partial charge in [0.05, 0.1) is 18.0 Å². The van der Waals surface area contributed by atoms with Gasteiger partial charge in [-0.25, -0.2) is 8.42 Å². The quantitative estimate of drug-likeness (QED) is 0.612. The van der Waals surface area contributed by atoms with Crippen LogP contribution in [0.5, 0.6) is 5.75 Å². The average molecular weight is 479 g/mol. The van der Waals surface area contributed by atoms with E-state index in [-0.39, 0.29) is 24.9 Å². The first-order chi connectivity index (χ1) is 14.9. The molecule has 1 aliphatic heterocycles. The van der Waals surface area contributed by atoms with Gasteiger partial charge in [-0.15, -0.1) is 0 Å². The van der Waals surface area contributed by atoms with E-state index in [1.807, 2.05) is 39.0 Å². The predicted molar refractivity (Wildman–Crippen MR) is 129 cm³/mol. The van der Waals surface area contributed by atoms with Crippen molar-refractivity contribution in [3.63, 3.8) is 0 Å². The fourth-order valence-electron chi connectivity index (χ4n) is 4.07. The molecule has 0 aromatic heterocycles. The smallest absolute Gasteiger partial charge is 0.232 e. The SMILES string of the molecule is Cc1ccc2c(c1)OC(C)(C)CC2NC(=O)CCCN(c1cccc(Cl)c1C)S(C)(=O)=O. The molecule has 1 heterocycles. The lowest BCUT2D eigenvalue weighted by atomic mass is 9.89. The van der Waals surface area contributed by atoms with E-state index in [9.17, 15) is 13.2 Å². The van der Waals surface area contributed by atoms with Crippen molar-refractivity contribution in [2.75, 3.05) is 17.1 Å². The minimum atomic E-state index is -3.52. The lowest BCUT2D eigenvalue weighted by molar-refractivity contribution is -0.122. The molecular weight excluding hydrogens is 448 g/mol. The number of sulfonamides is 1. The summed E-state index contributed by atoms with van der Waals surface area (Å²) in [6.45, 7) is 8.01. The largest absolute Gasteiger partial charge is 0.487 e. The van der Waals surface area contributed by atoms with Gasteiger partial charge in [-0.3, -0.25) is 9.10 Å². The minimum absolute atomic E-state index is 0.115. The van der Waals surface area contributed by atoms with Gasteiger partial charge in [0.2, 0.25) is 15.9 Å². The van der Waals surface area contributed by atoms with Crippen molar-refractivity contribution in [1.29, 1.82) is 0 Å². The molecule has 1 unspecified atom stereocenters. The Balaban J connectivity index is 1.67. The number of benzene rings is 2. The molecule has 1 aliphatic rings. The third kappa shape index (κ3) is 5.75. The summed E-state index contributed by atoms with van der Waals surface area (Å²) in [5.41, 5.74) is 2.91. The van der Waals surface area contributed by atoms with Gasteiger partial charge in [-0.05, 0) is 63.4 Å². The van der Waals surface area contributed by atoms with Crippen molar-refractivity contribution in [3.05, 3.63) is 58.1 Å². The molecule has 1 N–H and O–H groups in total. The van der Waals surface area contributed by atoms with Crippen LogP contribution in [0.25, 0.3) is 0 Å². The Morgan fingerprint density at radius 3 is 2.66 bits per heavy atom. The first-order valence-electron chi connectivity index (χ1n) is 10.7. The molecule has 0 bridgehead atoms. The van der Waals surface area contributed by atoms with Gasteiger partial charge in [0, 0.05) is 30.0 Å². The fraction of sp³-hybridized carbons (Fsp3) is 0.458. The molecule has 0 aliphatic carbocycles. The second kappa shape index (κ2) is 9.32. The summed E-state index contributed by atoms with van der Waals surface area (Å²) in [5.74, 6) is 0.682.